The van der Waals surface area contributed by atoms with Crippen LogP contribution in [0.15, 0.2) is 33.6 Å². The Bertz CT molecular complexity index is 573. The van der Waals surface area contributed by atoms with Gasteiger partial charge in [-0.3, -0.25) is 4.79 Å². The molecule has 2 rings (SSSR count). The molecule has 0 saturated carbocycles. The molecule has 19 heavy (non-hydrogen) atoms. The van der Waals surface area contributed by atoms with Gasteiger partial charge in [0.2, 0.25) is 10.0 Å². The highest BCUT2D eigenvalue weighted by atomic mass is 79.9. The van der Waals surface area contributed by atoms with E-state index >= 15 is 0 Å². The van der Waals surface area contributed by atoms with Crippen molar-refractivity contribution in [2.24, 2.45) is 0 Å². The number of rotatable bonds is 3. The van der Waals surface area contributed by atoms with Crippen LogP contribution >= 0.6 is 15.9 Å². The third-order valence-electron chi connectivity index (χ3n) is 2.90. The average molecular weight is 349 g/mol. The second kappa shape index (κ2) is 5.58. The molecule has 0 radical (unpaired) electrons. The molecular formula is C11H13BrN2O4S. The van der Waals surface area contributed by atoms with Crippen molar-refractivity contribution in [3.63, 3.8) is 0 Å². The van der Waals surface area contributed by atoms with Gasteiger partial charge in [-0.05, 0) is 24.3 Å². The predicted octanol–water partition coefficient (Wildman–Crippen LogP) is 0.496. The normalized spacial score (nSPS) is 21.2. The van der Waals surface area contributed by atoms with Crippen LogP contribution in [0.2, 0.25) is 0 Å². The Kier molecular flexibility index (Phi) is 4.24. The predicted molar refractivity (Wildman–Crippen MR) is 72.3 cm³/mol. The number of sulfonamides is 1. The van der Waals surface area contributed by atoms with E-state index in [0.29, 0.717) is 6.54 Å². The summed E-state index contributed by atoms with van der Waals surface area (Å²) in [5.74, 6) is -1.15. The Labute approximate surface area is 119 Å². The summed E-state index contributed by atoms with van der Waals surface area (Å²) in [6.45, 7) is 0.708. The Hall–Kier alpha value is -0.960. The van der Waals surface area contributed by atoms with E-state index in [2.05, 4.69) is 21.2 Å². The number of carboxylic acids is 1. The summed E-state index contributed by atoms with van der Waals surface area (Å²) in [6.07, 6.45) is 0. The van der Waals surface area contributed by atoms with Crippen molar-refractivity contribution < 1.29 is 18.3 Å². The quantitative estimate of drug-likeness (QED) is 0.830. The first-order chi connectivity index (χ1) is 8.93. The van der Waals surface area contributed by atoms with Gasteiger partial charge in [0, 0.05) is 24.1 Å². The lowest BCUT2D eigenvalue weighted by Crippen LogP contribution is -2.56. The van der Waals surface area contributed by atoms with E-state index in [9.17, 15) is 13.2 Å². The van der Waals surface area contributed by atoms with Crippen molar-refractivity contribution in [2.45, 2.75) is 10.9 Å². The van der Waals surface area contributed by atoms with E-state index in [1.165, 1.54) is 12.1 Å². The maximum absolute atomic E-state index is 12.4. The van der Waals surface area contributed by atoms with Crippen molar-refractivity contribution in [1.29, 1.82) is 0 Å². The van der Waals surface area contributed by atoms with E-state index < -0.39 is 22.0 Å². The molecule has 1 aliphatic rings. The van der Waals surface area contributed by atoms with Gasteiger partial charge in [0.05, 0.1) is 4.90 Å². The monoisotopic (exact) mass is 348 g/mol. The largest absolute Gasteiger partial charge is 0.480 e. The van der Waals surface area contributed by atoms with Crippen molar-refractivity contribution in [2.75, 3.05) is 19.6 Å². The van der Waals surface area contributed by atoms with Crippen LogP contribution in [0, 0.1) is 0 Å². The number of aliphatic carboxylic acids is 1. The van der Waals surface area contributed by atoms with Crippen LogP contribution in [-0.4, -0.2) is 49.5 Å². The second-order valence-corrected chi connectivity index (χ2v) is 6.93. The zero-order valence-electron chi connectivity index (χ0n) is 9.91. The first-order valence-corrected chi connectivity index (χ1v) is 7.87. The van der Waals surface area contributed by atoms with E-state index in [4.69, 9.17) is 5.11 Å². The van der Waals surface area contributed by atoms with Gasteiger partial charge >= 0.3 is 5.97 Å². The molecule has 2 N–H and O–H groups in total. The molecule has 1 fully saturated rings. The van der Waals surface area contributed by atoms with Crippen molar-refractivity contribution in [3.05, 3.63) is 28.7 Å². The van der Waals surface area contributed by atoms with Crippen LogP contribution in [0.1, 0.15) is 0 Å². The van der Waals surface area contributed by atoms with Crippen LogP contribution in [0.3, 0.4) is 0 Å². The molecule has 0 aromatic heterocycles. The summed E-state index contributed by atoms with van der Waals surface area (Å²) in [6, 6.07) is 5.08. The van der Waals surface area contributed by atoms with E-state index in [1.807, 2.05) is 0 Å². The number of nitrogens with one attached hydrogen (secondary N) is 1. The molecule has 0 bridgehead atoms. The molecule has 1 unspecified atom stereocenters. The van der Waals surface area contributed by atoms with Crippen LogP contribution < -0.4 is 5.32 Å². The number of piperazine rings is 1. The van der Waals surface area contributed by atoms with Gasteiger partial charge in [-0.15, -0.1) is 0 Å². The van der Waals surface area contributed by atoms with Gasteiger partial charge in [-0.25, -0.2) is 8.42 Å². The number of carboxylic acid groups (broad SMARTS) is 1. The lowest BCUT2D eigenvalue weighted by molar-refractivity contribution is -0.141. The summed E-state index contributed by atoms with van der Waals surface area (Å²) >= 11 is 3.23. The average Bonchev–Trinajstić information content (AvgIpc) is 2.39. The van der Waals surface area contributed by atoms with E-state index in [1.54, 1.807) is 12.1 Å². The van der Waals surface area contributed by atoms with Gasteiger partial charge < -0.3 is 10.4 Å². The summed E-state index contributed by atoms with van der Waals surface area (Å²) in [4.78, 5) is 11.2. The molecule has 0 spiro atoms. The standard InChI is InChI=1S/C11H13BrN2O4S/c12-8-1-3-9(4-2-8)19(17,18)14-6-5-13-7-10(14)11(15)16/h1-4,10,13H,5-7H2,(H,15,16). The van der Waals surface area contributed by atoms with Gasteiger partial charge in [0.1, 0.15) is 6.04 Å². The molecule has 1 saturated heterocycles. The second-order valence-electron chi connectivity index (χ2n) is 4.13. The van der Waals surface area contributed by atoms with E-state index in [-0.39, 0.29) is 18.0 Å². The minimum Gasteiger partial charge on any atom is -0.480 e. The zero-order chi connectivity index (χ0) is 14.0. The maximum atomic E-state index is 12.4. The number of carbonyl (C=O) groups is 1. The number of halogens is 1. The maximum Gasteiger partial charge on any atom is 0.323 e. The Morgan fingerprint density at radius 2 is 2.00 bits per heavy atom. The molecule has 1 aliphatic heterocycles. The summed E-state index contributed by atoms with van der Waals surface area (Å²) < 4.78 is 26.7. The molecule has 8 heteroatoms. The molecule has 1 aromatic carbocycles. The van der Waals surface area contributed by atoms with Crippen molar-refractivity contribution in [3.8, 4) is 0 Å². The molecular weight excluding hydrogens is 336 g/mol. The van der Waals surface area contributed by atoms with Gasteiger partial charge in [0.15, 0.2) is 0 Å². The lowest BCUT2D eigenvalue weighted by Gasteiger charge is -2.32. The molecule has 1 heterocycles. The Balaban J connectivity index is 2.37. The molecule has 0 aliphatic carbocycles. The lowest BCUT2D eigenvalue weighted by atomic mass is 10.2. The smallest absolute Gasteiger partial charge is 0.323 e. The number of benzene rings is 1. The third-order valence-corrected chi connectivity index (χ3v) is 5.35. The highest BCUT2D eigenvalue weighted by molar-refractivity contribution is 9.10. The topological polar surface area (TPSA) is 86.7 Å². The number of hydrogen-bond acceptors (Lipinski definition) is 4. The first-order valence-electron chi connectivity index (χ1n) is 5.64. The minimum absolute atomic E-state index is 0.101. The van der Waals surface area contributed by atoms with Crippen molar-refractivity contribution >= 4 is 31.9 Å². The number of nitrogens with zero attached hydrogens (tertiary/aromatic N) is 1. The van der Waals surface area contributed by atoms with Crippen molar-refractivity contribution in [1.82, 2.24) is 9.62 Å². The minimum atomic E-state index is -3.78. The zero-order valence-corrected chi connectivity index (χ0v) is 12.3. The molecule has 0 amide bonds. The fraction of sp³-hybridized carbons (Fsp3) is 0.364. The fourth-order valence-electron chi connectivity index (χ4n) is 1.93. The fourth-order valence-corrected chi connectivity index (χ4v) is 3.77. The summed E-state index contributed by atoms with van der Waals surface area (Å²) in [5, 5.41) is 12.0. The Morgan fingerprint density at radius 1 is 1.37 bits per heavy atom. The third kappa shape index (κ3) is 2.97. The molecule has 1 aromatic rings. The van der Waals surface area contributed by atoms with Crippen LogP contribution in [0.4, 0.5) is 0 Å². The molecule has 6 nitrogen and oxygen atoms in total. The highest BCUT2D eigenvalue weighted by Gasteiger charge is 2.37. The van der Waals surface area contributed by atoms with Crippen LogP contribution in [0.25, 0.3) is 0 Å². The first kappa shape index (κ1) is 14.4. The summed E-state index contributed by atoms with van der Waals surface area (Å²) in [5.41, 5.74) is 0. The van der Waals surface area contributed by atoms with E-state index in [0.717, 1.165) is 8.78 Å². The van der Waals surface area contributed by atoms with Gasteiger partial charge in [-0.1, -0.05) is 15.9 Å². The highest BCUT2D eigenvalue weighted by Crippen LogP contribution is 2.21. The molecule has 104 valence electrons. The van der Waals surface area contributed by atoms with Crippen LogP contribution in [-0.2, 0) is 14.8 Å². The Morgan fingerprint density at radius 3 is 2.58 bits per heavy atom. The SMILES string of the molecule is O=C(O)C1CNCCN1S(=O)(=O)c1ccc(Br)cc1. The van der Waals surface area contributed by atoms with Gasteiger partial charge in [0.25, 0.3) is 0 Å². The van der Waals surface area contributed by atoms with Crippen LogP contribution in [0.5, 0.6) is 0 Å². The summed E-state index contributed by atoms with van der Waals surface area (Å²) in [7, 11) is -3.78. The number of hydrogen-bond donors (Lipinski definition) is 2. The molecule has 1 atom stereocenters. The van der Waals surface area contributed by atoms with Gasteiger partial charge in [-0.2, -0.15) is 4.31 Å².